The summed E-state index contributed by atoms with van der Waals surface area (Å²) in [6.45, 7) is 5.06. The van der Waals surface area contributed by atoms with E-state index in [1.54, 1.807) is 12.1 Å². The van der Waals surface area contributed by atoms with E-state index in [1.165, 1.54) is 18.9 Å². The second kappa shape index (κ2) is 9.37. The summed E-state index contributed by atoms with van der Waals surface area (Å²) >= 11 is 6.07. The van der Waals surface area contributed by atoms with Crippen molar-refractivity contribution in [1.29, 1.82) is 0 Å². The Morgan fingerprint density at radius 3 is 2.78 bits per heavy atom. The Morgan fingerprint density at radius 1 is 1.22 bits per heavy atom. The summed E-state index contributed by atoms with van der Waals surface area (Å²) in [6, 6.07) is 9.37. The lowest BCUT2D eigenvalue weighted by molar-refractivity contribution is -0.116. The first-order valence-corrected chi connectivity index (χ1v) is 9.54. The van der Waals surface area contributed by atoms with Crippen LogP contribution in [0.4, 0.5) is 11.6 Å². The minimum absolute atomic E-state index is 0.159. The van der Waals surface area contributed by atoms with E-state index >= 15 is 0 Å². The summed E-state index contributed by atoms with van der Waals surface area (Å²) in [5, 5.41) is 6.71. The largest absolute Gasteiger partial charge is 0.368 e. The van der Waals surface area contributed by atoms with E-state index in [4.69, 9.17) is 11.6 Å². The van der Waals surface area contributed by atoms with E-state index in [0.29, 0.717) is 18.1 Å². The lowest BCUT2D eigenvalue weighted by atomic mass is 10.2. The quantitative estimate of drug-likeness (QED) is 0.565. The molecule has 0 bridgehead atoms. The van der Waals surface area contributed by atoms with Gasteiger partial charge in [-0.3, -0.25) is 4.79 Å². The smallest absolute Gasteiger partial charge is 0.244 e. The number of rotatable bonds is 7. The molecule has 2 N–H and O–H groups in total. The summed E-state index contributed by atoms with van der Waals surface area (Å²) in [5.41, 5.74) is 0.818. The molecule has 3 rings (SSSR count). The summed E-state index contributed by atoms with van der Waals surface area (Å²) in [6.07, 6.45) is 5.61. The highest BCUT2D eigenvalue weighted by atomic mass is 35.5. The number of carbonyl (C=O) groups is 1. The van der Waals surface area contributed by atoms with E-state index in [9.17, 15) is 4.79 Å². The molecule has 7 heteroatoms. The minimum Gasteiger partial charge on any atom is -0.368 e. The Hall–Kier alpha value is -2.60. The molecule has 1 aliphatic rings. The van der Waals surface area contributed by atoms with Crippen LogP contribution in [0.15, 0.2) is 36.4 Å². The van der Waals surface area contributed by atoms with Crippen LogP contribution in [-0.4, -0.2) is 42.1 Å². The molecule has 0 saturated carbocycles. The van der Waals surface area contributed by atoms with Crippen molar-refractivity contribution in [3.05, 3.63) is 52.8 Å². The van der Waals surface area contributed by atoms with Gasteiger partial charge in [-0.1, -0.05) is 29.8 Å². The van der Waals surface area contributed by atoms with Crippen LogP contribution >= 0.6 is 11.6 Å². The highest BCUT2D eigenvalue weighted by Crippen LogP contribution is 2.20. The van der Waals surface area contributed by atoms with Gasteiger partial charge < -0.3 is 15.5 Å². The fourth-order valence-electron chi connectivity index (χ4n) is 2.96. The molecule has 0 aliphatic carbocycles. The number of hydrogen-bond acceptors (Lipinski definition) is 5. The van der Waals surface area contributed by atoms with Crippen molar-refractivity contribution in [2.75, 3.05) is 36.4 Å². The molecule has 1 aromatic carbocycles. The van der Waals surface area contributed by atoms with E-state index in [2.05, 4.69) is 25.5 Å². The Morgan fingerprint density at radius 2 is 2.00 bits per heavy atom. The Bertz CT molecular complexity index is 818. The zero-order valence-corrected chi connectivity index (χ0v) is 16.2. The van der Waals surface area contributed by atoms with Gasteiger partial charge in [0, 0.05) is 43.3 Å². The van der Waals surface area contributed by atoms with E-state index in [-0.39, 0.29) is 5.91 Å². The monoisotopic (exact) mass is 385 g/mol. The lowest BCUT2D eigenvalue weighted by Crippen LogP contribution is -2.27. The lowest BCUT2D eigenvalue weighted by Gasteiger charge is -2.17. The van der Waals surface area contributed by atoms with Gasteiger partial charge in [-0.2, -0.15) is 0 Å². The maximum absolute atomic E-state index is 11.9. The number of aryl methyl sites for hydroxylation is 1. The van der Waals surface area contributed by atoms with Gasteiger partial charge in [-0.05, 0) is 37.5 Å². The molecule has 1 fully saturated rings. The van der Waals surface area contributed by atoms with E-state index < -0.39 is 0 Å². The van der Waals surface area contributed by atoms with Crippen molar-refractivity contribution >= 4 is 35.2 Å². The van der Waals surface area contributed by atoms with Gasteiger partial charge in [0.15, 0.2) is 0 Å². The Kier molecular flexibility index (Phi) is 6.65. The first kappa shape index (κ1) is 19.2. The summed E-state index contributed by atoms with van der Waals surface area (Å²) in [7, 11) is 0. The predicted molar refractivity (Wildman–Crippen MR) is 110 cm³/mol. The molecule has 1 aliphatic heterocycles. The molecule has 0 radical (unpaired) electrons. The van der Waals surface area contributed by atoms with Crippen LogP contribution in [0, 0.1) is 6.92 Å². The van der Waals surface area contributed by atoms with Crippen LogP contribution < -0.4 is 15.5 Å². The number of amides is 1. The molecule has 0 spiro atoms. The van der Waals surface area contributed by atoms with E-state index in [0.717, 1.165) is 36.1 Å². The summed E-state index contributed by atoms with van der Waals surface area (Å²) in [4.78, 5) is 23.1. The first-order chi connectivity index (χ1) is 13.1. The molecular formula is C20H24ClN5O. The van der Waals surface area contributed by atoms with Gasteiger partial charge in [-0.25, -0.2) is 9.97 Å². The minimum atomic E-state index is -0.159. The molecule has 142 valence electrons. The highest BCUT2D eigenvalue weighted by molar-refractivity contribution is 6.32. The Labute approximate surface area is 164 Å². The van der Waals surface area contributed by atoms with Crippen LogP contribution in [0.3, 0.4) is 0 Å². The van der Waals surface area contributed by atoms with Gasteiger partial charge in [0.05, 0.1) is 0 Å². The highest BCUT2D eigenvalue weighted by Gasteiger charge is 2.14. The van der Waals surface area contributed by atoms with Crippen molar-refractivity contribution in [2.24, 2.45) is 0 Å². The van der Waals surface area contributed by atoms with Crippen LogP contribution in [0.5, 0.6) is 0 Å². The van der Waals surface area contributed by atoms with Gasteiger partial charge in [-0.15, -0.1) is 0 Å². The van der Waals surface area contributed by atoms with Gasteiger partial charge >= 0.3 is 0 Å². The van der Waals surface area contributed by atoms with Gasteiger partial charge in [0.1, 0.15) is 17.5 Å². The van der Waals surface area contributed by atoms with Crippen molar-refractivity contribution in [2.45, 2.75) is 19.8 Å². The topological polar surface area (TPSA) is 70.2 Å². The second-order valence-corrected chi connectivity index (χ2v) is 6.83. The van der Waals surface area contributed by atoms with Crippen molar-refractivity contribution in [3.8, 4) is 0 Å². The first-order valence-electron chi connectivity index (χ1n) is 9.17. The average Bonchev–Trinajstić information content (AvgIpc) is 3.19. The maximum atomic E-state index is 11.9. The predicted octanol–water partition coefficient (Wildman–Crippen LogP) is 3.28. The zero-order valence-electron chi connectivity index (χ0n) is 15.4. The van der Waals surface area contributed by atoms with Gasteiger partial charge in [0.25, 0.3) is 0 Å². The fraction of sp³-hybridized carbons (Fsp3) is 0.350. The maximum Gasteiger partial charge on any atom is 0.244 e. The summed E-state index contributed by atoms with van der Waals surface area (Å²) in [5.74, 6) is 2.33. The van der Waals surface area contributed by atoms with Crippen molar-refractivity contribution in [1.82, 2.24) is 15.3 Å². The molecule has 1 amide bonds. The molecule has 27 heavy (non-hydrogen) atoms. The second-order valence-electron chi connectivity index (χ2n) is 6.43. The number of aromatic nitrogens is 2. The van der Waals surface area contributed by atoms with Gasteiger partial charge in [0.2, 0.25) is 5.91 Å². The third-order valence-electron chi connectivity index (χ3n) is 4.30. The zero-order chi connectivity index (χ0) is 19.1. The number of anilines is 2. The van der Waals surface area contributed by atoms with Crippen LogP contribution in [0.25, 0.3) is 6.08 Å². The molecule has 0 unspecified atom stereocenters. The number of hydrogen-bond donors (Lipinski definition) is 2. The molecule has 2 aromatic rings. The van der Waals surface area contributed by atoms with Crippen molar-refractivity contribution < 1.29 is 4.79 Å². The molecule has 6 nitrogen and oxygen atoms in total. The number of nitrogens with zero attached hydrogens (tertiary/aromatic N) is 3. The van der Waals surface area contributed by atoms with Crippen molar-refractivity contribution in [3.63, 3.8) is 0 Å². The van der Waals surface area contributed by atoms with E-state index in [1.807, 2.05) is 31.2 Å². The van der Waals surface area contributed by atoms with Crippen LogP contribution in [-0.2, 0) is 4.79 Å². The normalized spacial score (nSPS) is 13.9. The molecule has 0 atom stereocenters. The molecule has 1 aromatic heterocycles. The third kappa shape index (κ3) is 5.69. The number of carbonyl (C=O) groups excluding carboxylic acids is 1. The SMILES string of the molecule is Cc1nc(NCCNC(=O)/C=C/c2ccccc2Cl)cc(N2CCCC2)n1. The summed E-state index contributed by atoms with van der Waals surface area (Å²) < 4.78 is 0. The number of benzene rings is 1. The van der Waals surface area contributed by atoms with Crippen LogP contribution in [0.1, 0.15) is 24.2 Å². The number of halogens is 1. The van der Waals surface area contributed by atoms with Crippen LogP contribution in [0.2, 0.25) is 5.02 Å². The molecular weight excluding hydrogens is 362 g/mol. The standard InChI is InChI=1S/C20H24ClN5O/c1-15-24-18(14-19(25-15)26-12-4-5-13-26)22-10-11-23-20(27)9-8-16-6-2-3-7-17(16)21/h2-3,6-9,14H,4-5,10-13H2,1H3,(H,23,27)(H,22,24,25)/b9-8+. The number of nitrogens with one attached hydrogen (secondary N) is 2. The Balaban J connectivity index is 1.46. The molecule has 2 heterocycles. The molecule has 1 saturated heterocycles. The fourth-order valence-corrected chi connectivity index (χ4v) is 3.16. The average molecular weight is 386 g/mol. The third-order valence-corrected chi connectivity index (χ3v) is 4.65.